The van der Waals surface area contributed by atoms with Crippen LogP contribution < -0.4 is 5.32 Å². The lowest BCUT2D eigenvalue weighted by atomic mass is 10.1. The fourth-order valence-electron chi connectivity index (χ4n) is 2.40. The highest BCUT2D eigenvalue weighted by Gasteiger charge is 2.06. The van der Waals surface area contributed by atoms with E-state index >= 15 is 0 Å². The van der Waals surface area contributed by atoms with E-state index in [1.54, 1.807) is 12.1 Å². The summed E-state index contributed by atoms with van der Waals surface area (Å²) in [5, 5.41) is 2.89. The van der Waals surface area contributed by atoms with Gasteiger partial charge in [-0.25, -0.2) is 0 Å². The molecule has 1 aromatic rings. The molecular weight excluding hydrogens is 274 g/mol. The van der Waals surface area contributed by atoms with Crippen LogP contribution in [0.2, 0.25) is 0 Å². The lowest BCUT2D eigenvalue weighted by molar-refractivity contribution is -0.116. The third-order valence-corrected chi connectivity index (χ3v) is 3.73. The number of nitrogens with one attached hydrogen (secondary N) is 1. The molecule has 1 rings (SSSR count). The van der Waals surface area contributed by atoms with E-state index in [0.29, 0.717) is 12.8 Å². The van der Waals surface area contributed by atoms with Crippen LogP contribution in [-0.4, -0.2) is 11.7 Å². The highest BCUT2D eigenvalue weighted by molar-refractivity contribution is 5.97. The van der Waals surface area contributed by atoms with E-state index < -0.39 is 0 Å². The van der Waals surface area contributed by atoms with E-state index in [2.05, 4.69) is 12.2 Å². The van der Waals surface area contributed by atoms with Gasteiger partial charge in [0.1, 0.15) is 0 Å². The average molecular weight is 303 g/mol. The monoisotopic (exact) mass is 303 g/mol. The molecule has 0 aromatic heterocycles. The van der Waals surface area contributed by atoms with Crippen molar-refractivity contribution in [1.29, 1.82) is 0 Å². The van der Waals surface area contributed by atoms with Crippen LogP contribution in [-0.2, 0) is 4.79 Å². The summed E-state index contributed by atoms with van der Waals surface area (Å²) in [4.78, 5) is 23.6. The molecule has 0 bridgehead atoms. The SMILES string of the molecule is CCCCCCCCC(=O)Nc1ccc(C(=O)CCC)cc1. The van der Waals surface area contributed by atoms with Crippen LogP contribution in [0.25, 0.3) is 0 Å². The van der Waals surface area contributed by atoms with Crippen molar-refractivity contribution in [2.24, 2.45) is 0 Å². The molecule has 0 saturated carbocycles. The van der Waals surface area contributed by atoms with E-state index in [0.717, 1.165) is 30.5 Å². The maximum atomic E-state index is 11.8. The molecule has 0 radical (unpaired) electrons. The minimum Gasteiger partial charge on any atom is -0.326 e. The number of rotatable bonds is 11. The third-order valence-electron chi connectivity index (χ3n) is 3.73. The molecule has 0 saturated heterocycles. The second kappa shape index (κ2) is 11.0. The summed E-state index contributed by atoms with van der Waals surface area (Å²) in [6, 6.07) is 7.20. The molecule has 0 heterocycles. The Labute approximate surface area is 134 Å². The van der Waals surface area contributed by atoms with Gasteiger partial charge in [0.15, 0.2) is 5.78 Å². The first-order valence-electron chi connectivity index (χ1n) is 8.60. The molecule has 0 atom stereocenters. The first-order chi connectivity index (χ1) is 10.7. The fraction of sp³-hybridized carbons (Fsp3) is 0.579. The fourth-order valence-corrected chi connectivity index (χ4v) is 2.40. The molecular formula is C19H29NO2. The molecule has 22 heavy (non-hydrogen) atoms. The van der Waals surface area contributed by atoms with Crippen LogP contribution in [0.15, 0.2) is 24.3 Å². The van der Waals surface area contributed by atoms with E-state index in [-0.39, 0.29) is 11.7 Å². The van der Waals surface area contributed by atoms with Crippen molar-refractivity contribution in [3.8, 4) is 0 Å². The average Bonchev–Trinajstić information content (AvgIpc) is 2.51. The molecule has 122 valence electrons. The summed E-state index contributed by atoms with van der Waals surface area (Å²) in [6.45, 7) is 4.20. The topological polar surface area (TPSA) is 46.2 Å². The number of carbonyl (C=O) groups is 2. The molecule has 0 aliphatic carbocycles. The molecule has 0 unspecified atom stereocenters. The van der Waals surface area contributed by atoms with Crippen LogP contribution in [0.5, 0.6) is 0 Å². The summed E-state index contributed by atoms with van der Waals surface area (Å²) < 4.78 is 0. The predicted octanol–water partition coefficient (Wildman–Crippen LogP) is 5.36. The first kappa shape index (κ1) is 18.4. The zero-order valence-corrected chi connectivity index (χ0v) is 14.0. The normalized spacial score (nSPS) is 10.5. The van der Waals surface area contributed by atoms with Gasteiger partial charge in [0.2, 0.25) is 5.91 Å². The summed E-state index contributed by atoms with van der Waals surface area (Å²) in [7, 11) is 0. The number of benzene rings is 1. The van der Waals surface area contributed by atoms with E-state index in [1.807, 2.05) is 19.1 Å². The van der Waals surface area contributed by atoms with Gasteiger partial charge in [0.25, 0.3) is 0 Å². The molecule has 0 fully saturated rings. The van der Waals surface area contributed by atoms with Gasteiger partial charge in [0.05, 0.1) is 0 Å². The predicted molar refractivity (Wildman–Crippen MR) is 92.3 cm³/mol. The van der Waals surface area contributed by atoms with Gasteiger partial charge in [0, 0.05) is 24.1 Å². The van der Waals surface area contributed by atoms with Crippen molar-refractivity contribution < 1.29 is 9.59 Å². The second-order valence-corrected chi connectivity index (χ2v) is 5.82. The van der Waals surface area contributed by atoms with E-state index in [1.165, 1.54) is 25.7 Å². The first-order valence-corrected chi connectivity index (χ1v) is 8.60. The number of hydrogen-bond donors (Lipinski definition) is 1. The number of ketones is 1. The van der Waals surface area contributed by atoms with Gasteiger partial charge in [-0.15, -0.1) is 0 Å². The third kappa shape index (κ3) is 7.39. The number of anilines is 1. The zero-order valence-electron chi connectivity index (χ0n) is 14.0. The minimum atomic E-state index is 0.0585. The molecule has 1 aromatic carbocycles. The van der Waals surface area contributed by atoms with Gasteiger partial charge in [-0.05, 0) is 37.1 Å². The molecule has 3 heteroatoms. The highest BCUT2D eigenvalue weighted by Crippen LogP contribution is 2.13. The lowest BCUT2D eigenvalue weighted by Gasteiger charge is -2.06. The standard InChI is InChI=1S/C19H29NO2/c1-3-5-6-7-8-9-11-19(22)20-17-14-12-16(13-15-17)18(21)10-4-2/h12-15H,3-11H2,1-2H3,(H,20,22). The van der Waals surface area contributed by atoms with Gasteiger partial charge < -0.3 is 5.32 Å². The smallest absolute Gasteiger partial charge is 0.224 e. The van der Waals surface area contributed by atoms with Crippen molar-refractivity contribution in [2.45, 2.75) is 71.6 Å². The van der Waals surface area contributed by atoms with Crippen LogP contribution in [0, 0.1) is 0 Å². The van der Waals surface area contributed by atoms with Gasteiger partial charge in [-0.3, -0.25) is 9.59 Å². The maximum Gasteiger partial charge on any atom is 0.224 e. The van der Waals surface area contributed by atoms with Crippen molar-refractivity contribution in [3.63, 3.8) is 0 Å². The van der Waals surface area contributed by atoms with Crippen LogP contribution >= 0.6 is 0 Å². The second-order valence-electron chi connectivity index (χ2n) is 5.82. The number of carbonyl (C=O) groups excluding carboxylic acids is 2. The molecule has 1 amide bonds. The molecule has 0 aliphatic heterocycles. The molecule has 0 spiro atoms. The Morgan fingerprint density at radius 3 is 2.09 bits per heavy atom. The van der Waals surface area contributed by atoms with E-state index in [9.17, 15) is 9.59 Å². The molecule has 1 N–H and O–H groups in total. The molecule has 0 aliphatic rings. The summed E-state index contributed by atoms with van der Waals surface area (Å²) >= 11 is 0. The Hall–Kier alpha value is -1.64. The Morgan fingerprint density at radius 2 is 1.45 bits per heavy atom. The largest absolute Gasteiger partial charge is 0.326 e. The Kier molecular flexibility index (Phi) is 9.20. The van der Waals surface area contributed by atoms with Crippen LogP contribution in [0.4, 0.5) is 5.69 Å². The van der Waals surface area contributed by atoms with Crippen LogP contribution in [0.3, 0.4) is 0 Å². The minimum absolute atomic E-state index is 0.0585. The van der Waals surface area contributed by atoms with Gasteiger partial charge in [-0.1, -0.05) is 46.0 Å². The quantitative estimate of drug-likeness (QED) is 0.442. The Balaban J connectivity index is 2.28. The van der Waals surface area contributed by atoms with Crippen LogP contribution in [0.1, 0.15) is 82.0 Å². The summed E-state index contributed by atoms with van der Waals surface area (Å²) in [5.41, 5.74) is 1.49. The lowest BCUT2D eigenvalue weighted by Crippen LogP contribution is -2.11. The highest BCUT2D eigenvalue weighted by atomic mass is 16.1. The Morgan fingerprint density at radius 1 is 0.818 bits per heavy atom. The number of amides is 1. The number of Topliss-reactive ketones (excluding diaryl/α,β-unsaturated/α-hetero) is 1. The Bertz CT molecular complexity index is 451. The van der Waals surface area contributed by atoms with Crippen molar-refractivity contribution in [2.75, 3.05) is 5.32 Å². The van der Waals surface area contributed by atoms with E-state index in [4.69, 9.17) is 0 Å². The number of hydrogen-bond acceptors (Lipinski definition) is 2. The summed E-state index contributed by atoms with van der Waals surface area (Å²) in [6.07, 6.45) is 9.09. The molecule has 3 nitrogen and oxygen atoms in total. The van der Waals surface area contributed by atoms with Crippen molar-refractivity contribution >= 4 is 17.4 Å². The van der Waals surface area contributed by atoms with Crippen molar-refractivity contribution in [1.82, 2.24) is 0 Å². The van der Waals surface area contributed by atoms with Crippen molar-refractivity contribution in [3.05, 3.63) is 29.8 Å². The van der Waals surface area contributed by atoms with Gasteiger partial charge >= 0.3 is 0 Å². The maximum absolute atomic E-state index is 11.8. The number of unbranched alkanes of at least 4 members (excludes halogenated alkanes) is 5. The summed E-state index contributed by atoms with van der Waals surface area (Å²) in [5.74, 6) is 0.218. The zero-order chi connectivity index (χ0) is 16.2. The van der Waals surface area contributed by atoms with Gasteiger partial charge in [-0.2, -0.15) is 0 Å².